The van der Waals surface area contributed by atoms with Gasteiger partial charge in [-0.3, -0.25) is 4.79 Å². The standard InChI is InChI=1S/C10H8ClFN2O/c1-6(5-13)10(15)14-7-2-3-8(11)9(12)4-7/h2-4,6H,1H3,(H,14,15). The molecule has 15 heavy (non-hydrogen) atoms. The molecule has 0 aliphatic carbocycles. The van der Waals surface area contributed by atoms with Crippen molar-refractivity contribution in [3.63, 3.8) is 0 Å². The van der Waals surface area contributed by atoms with E-state index in [1.54, 1.807) is 6.07 Å². The number of carbonyl (C=O) groups is 1. The third-order valence-electron chi connectivity index (χ3n) is 1.77. The number of amides is 1. The average molecular weight is 227 g/mol. The van der Waals surface area contributed by atoms with E-state index in [-0.39, 0.29) is 10.7 Å². The first-order chi connectivity index (χ1) is 7.04. The summed E-state index contributed by atoms with van der Waals surface area (Å²) in [5.41, 5.74) is 0.281. The molecule has 1 atom stereocenters. The molecule has 0 bridgehead atoms. The highest BCUT2D eigenvalue weighted by Gasteiger charge is 2.12. The van der Waals surface area contributed by atoms with Crippen molar-refractivity contribution in [2.75, 3.05) is 5.32 Å². The number of hydrogen-bond acceptors (Lipinski definition) is 2. The molecule has 1 rings (SSSR count). The van der Waals surface area contributed by atoms with Crippen molar-refractivity contribution < 1.29 is 9.18 Å². The van der Waals surface area contributed by atoms with E-state index < -0.39 is 17.6 Å². The first-order valence-corrected chi connectivity index (χ1v) is 4.58. The van der Waals surface area contributed by atoms with Crippen LogP contribution in [0.15, 0.2) is 18.2 Å². The number of nitrogens with zero attached hydrogens (tertiary/aromatic N) is 1. The van der Waals surface area contributed by atoms with E-state index in [2.05, 4.69) is 5.32 Å². The minimum atomic E-state index is -0.774. The van der Waals surface area contributed by atoms with Gasteiger partial charge in [0.25, 0.3) is 0 Å². The van der Waals surface area contributed by atoms with E-state index in [1.807, 2.05) is 0 Å². The van der Waals surface area contributed by atoms with E-state index in [4.69, 9.17) is 16.9 Å². The molecule has 5 heteroatoms. The molecular formula is C10H8ClFN2O. The molecular weight excluding hydrogens is 219 g/mol. The third-order valence-corrected chi connectivity index (χ3v) is 2.08. The number of benzene rings is 1. The zero-order valence-electron chi connectivity index (χ0n) is 7.92. The van der Waals surface area contributed by atoms with Gasteiger partial charge in [-0.1, -0.05) is 11.6 Å². The van der Waals surface area contributed by atoms with Crippen LogP contribution >= 0.6 is 11.6 Å². The van der Waals surface area contributed by atoms with Crippen LogP contribution in [0.5, 0.6) is 0 Å². The number of nitrogens with one attached hydrogen (secondary N) is 1. The number of nitriles is 1. The van der Waals surface area contributed by atoms with Gasteiger partial charge in [-0.2, -0.15) is 5.26 Å². The van der Waals surface area contributed by atoms with Crippen LogP contribution in [0.3, 0.4) is 0 Å². The van der Waals surface area contributed by atoms with Crippen LogP contribution in [-0.2, 0) is 4.79 Å². The molecule has 0 aromatic heterocycles. The molecule has 0 saturated carbocycles. The minimum absolute atomic E-state index is 0.0127. The highest BCUT2D eigenvalue weighted by Crippen LogP contribution is 2.18. The van der Waals surface area contributed by atoms with E-state index in [9.17, 15) is 9.18 Å². The number of rotatable bonds is 2. The highest BCUT2D eigenvalue weighted by atomic mass is 35.5. The molecule has 78 valence electrons. The Kier molecular flexibility index (Phi) is 3.64. The SMILES string of the molecule is CC(C#N)C(=O)Nc1ccc(Cl)c(F)c1. The lowest BCUT2D eigenvalue weighted by Gasteiger charge is -2.06. The molecule has 0 radical (unpaired) electrons. The maximum atomic E-state index is 13.0. The second-order valence-corrected chi connectivity index (χ2v) is 3.38. The lowest BCUT2D eigenvalue weighted by molar-refractivity contribution is -0.117. The van der Waals surface area contributed by atoms with Gasteiger partial charge in [-0.25, -0.2) is 4.39 Å². The van der Waals surface area contributed by atoms with Crippen molar-refractivity contribution in [3.8, 4) is 6.07 Å². The van der Waals surface area contributed by atoms with Gasteiger partial charge >= 0.3 is 0 Å². The van der Waals surface area contributed by atoms with Gasteiger partial charge in [-0.15, -0.1) is 0 Å². The second kappa shape index (κ2) is 4.76. The predicted octanol–water partition coefficient (Wildman–Crippen LogP) is 2.58. The fraction of sp³-hybridized carbons (Fsp3) is 0.200. The molecule has 1 aromatic carbocycles. The van der Waals surface area contributed by atoms with Crippen molar-refractivity contribution >= 4 is 23.2 Å². The minimum Gasteiger partial charge on any atom is -0.325 e. The first kappa shape index (κ1) is 11.5. The summed E-state index contributed by atoms with van der Waals surface area (Å²) < 4.78 is 13.0. The van der Waals surface area contributed by atoms with Crippen LogP contribution in [0.25, 0.3) is 0 Å². The van der Waals surface area contributed by atoms with Gasteiger partial charge in [0.05, 0.1) is 11.1 Å². The van der Waals surface area contributed by atoms with Crippen molar-refractivity contribution in [3.05, 3.63) is 29.0 Å². The zero-order valence-corrected chi connectivity index (χ0v) is 8.68. The predicted molar refractivity (Wildman–Crippen MR) is 54.8 cm³/mol. The summed E-state index contributed by atoms with van der Waals surface area (Å²) in [5, 5.41) is 10.9. The summed E-state index contributed by atoms with van der Waals surface area (Å²) >= 11 is 5.47. The fourth-order valence-electron chi connectivity index (χ4n) is 0.883. The smallest absolute Gasteiger partial charge is 0.241 e. The Morgan fingerprint density at radius 3 is 2.87 bits per heavy atom. The Balaban J connectivity index is 2.78. The first-order valence-electron chi connectivity index (χ1n) is 4.20. The van der Waals surface area contributed by atoms with Crippen molar-refractivity contribution in [2.24, 2.45) is 5.92 Å². The van der Waals surface area contributed by atoms with Gasteiger partial charge in [-0.05, 0) is 25.1 Å². The Bertz CT molecular complexity index is 428. The van der Waals surface area contributed by atoms with Crippen LogP contribution in [-0.4, -0.2) is 5.91 Å². The lowest BCUT2D eigenvalue weighted by Crippen LogP contribution is -2.18. The number of halogens is 2. The highest BCUT2D eigenvalue weighted by molar-refractivity contribution is 6.30. The second-order valence-electron chi connectivity index (χ2n) is 2.97. The normalized spacial score (nSPS) is 11.6. The topological polar surface area (TPSA) is 52.9 Å². The van der Waals surface area contributed by atoms with Crippen LogP contribution in [0, 0.1) is 23.1 Å². The largest absolute Gasteiger partial charge is 0.325 e. The van der Waals surface area contributed by atoms with Gasteiger partial charge in [0.15, 0.2) is 0 Å². The molecule has 1 amide bonds. The van der Waals surface area contributed by atoms with Crippen LogP contribution in [0.2, 0.25) is 5.02 Å². The Morgan fingerprint density at radius 2 is 2.33 bits per heavy atom. The van der Waals surface area contributed by atoms with Gasteiger partial charge in [0, 0.05) is 5.69 Å². The molecule has 1 aromatic rings. The summed E-state index contributed by atoms with van der Waals surface area (Å²) in [7, 11) is 0. The van der Waals surface area contributed by atoms with E-state index >= 15 is 0 Å². The van der Waals surface area contributed by atoms with Crippen molar-refractivity contribution in [1.29, 1.82) is 5.26 Å². The summed E-state index contributed by atoms with van der Waals surface area (Å²) in [6.45, 7) is 1.46. The van der Waals surface area contributed by atoms with Gasteiger partial charge in [0.2, 0.25) is 5.91 Å². The van der Waals surface area contributed by atoms with Gasteiger partial charge in [0.1, 0.15) is 11.7 Å². The van der Waals surface area contributed by atoms with Crippen molar-refractivity contribution in [1.82, 2.24) is 0 Å². The van der Waals surface area contributed by atoms with Gasteiger partial charge < -0.3 is 5.32 Å². The summed E-state index contributed by atoms with van der Waals surface area (Å²) in [6.07, 6.45) is 0. The van der Waals surface area contributed by atoms with E-state index in [0.717, 1.165) is 6.07 Å². The summed E-state index contributed by atoms with van der Waals surface area (Å²) in [6, 6.07) is 5.68. The molecule has 0 heterocycles. The summed E-state index contributed by atoms with van der Waals surface area (Å²) in [5.74, 6) is -1.86. The van der Waals surface area contributed by atoms with Crippen LogP contribution in [0.1, 0.15) is 6.92 Å². The maximum Gasteiger partial charge on any atom is 0.241 e. The molecule has 0 saturated heterocycles. The lowest BCUT2D eigenvalue weighted by atomic mass is 10.2. The monoisotopic (exact) mass is 226 g/mol. The molecule has 1 unspecified atom stereocenters. The average Bonchev–Trinajstić information content (AvgIpc) is 2.22. The van der Waals surface area contributed by atoms with E-state index in [0.29, 0.717) is 0 Å². The zero-order chi connectivity index (χ0) is 11.4. The Hall–Kier alpha value is -1.60. The number of hydrogen-bond donors (Lipinski definition) is 1. The molecule has 1 N–H and O–H groups in total. The maximum absolute atomic E-state index is 13.0. The molecule has 0 aliphatic heterocycles. The number of anilines is 1. The quantitative estimate of drug-likeness (QED) is 0.843. The van der Waals surface area contributed by atoms with Crippen LogP contribution < -0.4 is 5.32 Å². The molecule has 0 aliphatic rings. The molecule has 0 spiro atoms. The fourth-order valence-corrected chi connectivity index (χ4v) is 1.00. The number of carbonyl (C=O) groups excluding carboxylic acids is 1. The molecule has 3 nitrogen and oxygen atoms in total. The Labute approximate surface area is 91.5 Å². The molecule has 0 fully saturated rings. The van der Waals surface area contributed by atoms with Crippen LogP contribution in [0.4, 0.5) is 10.1 Å². The summed E-state index contributed by atoms with van der Waals surface area (Å²) in [4.78, 5) is 11.3. The third kappa shape index (κ3) is 2.93. The Morgan fingerprint density at radius 1 is 1.67 bits per heavy atom. The van der Waals surface area contributed by atoms with E-state index in [1.165, 1.54) is 19.1 Å². The van der Waals surface area contributed by atoms with Crippen molar-refractivity contribution in [2.45, 2.75) is 6.92 Å².